The first-order valence-electron chi connectivity index (χ1n) is 5.69. The monoisotopic (exact) mass is 210 g/mol. The number of imide groups is 1. The number of rotatable bonds is 1. The van der Waals surface area contributed by atoms with Gasteiger partial charge in [-0.05, 0) is 31.1 Å². The maximum absolute atomic E-state index is 11.5. The van der Waals surface area contributed by atoms with Gasteiger partial charge in [0.2, 0.25) is 5.91 Å². The molecule has 3 atom stereocenters. The predicted octanol–water partition coefficient (Wildman–Crippen LogP) is 1.36. The van der Waals surface area contributed by atoms with Crippen molar-refractivity contribution in [3.63, 3.8) is 0 Å². The van der Waals surface area contributed by atoms with E-state index in [9.17, 15) is 9.59 Å². The highest BCUT2D eigenvalue weighted by atomic mass is 16.2. The van der Waals surface area contributed by atoms with Crippen molar-refractivity contribution in [1.82, 2.24) is 10.2 Å². The van der Waals surface area contributed by atoms with Crippen LogP contribution in [0.5, 0.6) is 0 Å². The zero-order valence-electron chi connectivity index (χ0n) is 9.32. The summed E-state index contributed by atoms with van der Waals surface area (Å²) in [6.45, 7) is 4.63. The molecule has 3 unspecified atom stereocenters. The molecule has 2 rings (SSSR count). The van der Waals surface area contributed by atoms with E-state index in [1.165, 1.54) is 4.90 Å². The van der Waals surface area contributed by atoms with Gasteiger partial charge in [0.15, 0.2) is 0 Å². The Morgan fingerprint density at radius 1 is 1.20 bits per heavy atom. The number of nitrogens with one attached hydrogen (secondary N) is 1. The lowest BCUT2D eigenvalue weighted by Crippen LogP contribution is -2.44. The third-order valence-electron chi connectivity index (χ3n) is 3.81. The summed E-state index contributed by atoms with van der Waals surface area (Å²) in [7, 11) is 0. The van der Waals surface area contributed by atoms with Crippen LogP contribution in [-0.4, -0.2) is 29.4 Å². The van der Waals surface area contributed by atoms with Gasteiger partial charge in [-0.3, -0.25) is 9.69 Å². The molecule has 1 saturated carbocycles. The van der Waals surface area contributed by atoms with E-state index in [-0.39, 0.29) is 24.5 Å². The van der Waals surface area contributed by atoms with Crippen molar-refractivity contribution in [3.05, 3.63) is 0 Å². The standard InChI is InChI=1S/C11H18N2O2/c1-7-3-4-9(5-8(7)2)13-10(14)6-12-11(13)15/h7-9H,3-6H2,1-2H3,(H,12,15). The zero-order valence-corrected chi connectivity index (χ0v) is 9.32. The minimum atomic E-state index is -0.202. The highest BCUT2D eigenvalue weighted by molar-refractivity contribution is 6.02. The maximum atomic E-state index is 11.5. The third-order valence-corrected chi connectivity index (χ3v) is 3.81. The lowest BCUT2D eigenvalue weighted by molar-refractivity contribution is -0.127. The van der Waals surface area contributed by atoms with E-state index in [0.29, 0.717) is 11.8 Å². The summed E-state index contributed by atoms with van der Waals surface area (Å²) in [6, 6.07) is -0.0713. The molecule has 1 saturated heterocycles. The number of carbonyl (C=O) groups excluding carboxylic acids is 2. The first-order chi connectivity index (χ1) is 7.09. The number of hydrogen-bond donors (Lipinski definition) is 1. The highest BCUT2D eigenvalue weighted by Crippen LogP contribution is 2.32. The highest BCUT2D eigenvalue weighted by Gasteiger charge is 2.38. The molecule has 3 amide bonds. The van der Waals surface area contributed by atoms with Crippen LogP contribution in [0.25, 0.3) is 0 Å². The van der Waals surface area contributed by atoms with Gasteiger partial charge in [0, 0.05) is 6.04 Å². The molecule has 0 radical (unpaired) electrons. The molecule has 0 aromatic carbocycles. The second-order valence-electron chi connectivity index (χ2n) is 4.84. The topological polar surface area (TPSA) is 49.4 Å². The molecule has 2 fully saturated rings. The van der Waals surface area contributed by atoms with Crippen LogP contribution in [0.2, 0.25) is 0 Å². The summed E-state index contributed by atoms with van der Waals surface area (Å²) in [4.78, 5) is 24.4. The fourth-order valence-electron chi connectivity index (χ4n) is 2.56. The van der Waals surface area contributed by atoms with E-state index in [4.69, 9.17) is 0 Å². The minimum Gasteiger partial charge on any atom is -0.329 e. The van der Waals surface area contributed by atoms with Gasteiger partial charge in [-0.25, -0.2) is 4.79 Å². The number of nitrogens with zero attached hydrogens (tertiary/aromatic N) is 1. The van der Waals surface area contributed by atoms with Gasteiger partial charge in [-0.2, -0.15) is 0 Å². The molecular formula is C11H18N2O2. The van der Waals surface area contributed by atoms with Gasteiger partial charge >= 0.3 is 6.03 Å². The van der Waals surface area contributed by atoms with Crippen molar-refractivity contribution in [2.75, 3.05) is 6.54 Å². The van der Waals surface area contributed by atoms with Crippen LogP contribution < -0.4 is 5.32 Å². The maximum Gasteiger partial charge on any atom is 0.324 e. The van der Waals surface area contributed by atoms with Gasteiger partial charge in [0.25, 0.3) is 0 Å². The largest absolute Gasteiger partial charge is 0.329 e. The lowest BCUT2D eigenvalue weighted by atomic mass is 9.78. The molecule has 15 heavy (non-hydrogen) atoms. The van der Waals surface area contributed by atoms with Crippen LogP contribution in [0.4, 0.5) is 4.79 Å². The van der Waals surface area contributed by atoms with E-state index in [1.807, 2.05) is 0 Å². The smallest absolute Gasteiger partial charge is 0.324 e. The van der Waals surface area contributed by atoms with Crippen LogP contribution in [0.3, 0.4) is 0 Å². The second-order valence-corrected chi connectivity index (χ2v) is 4.84. The summed E-state index contributed by atoms with van der Waals surface area (Å²) in [6.07, 6.45) is 3.04. The molecule has 84 valence electrons. The van der Waals surface area contributed by atoms with Gasteiger partial charge in [0.05, 0.1) is 6.54 Å². The molecule has 0 bridgehead atoms. The number of hydrogen-bond acceptors (Lipinski definition) is 2. The van der Waals surface area contributed by atoms with Gasteiger partial charge in [0.1, 0.15) is 0 Å². The molecule has 1 aliphatic heterocycles. The SMILES string of the molecule is CC1CCC(N2C(=O)CNC2=O)CC1C. The average Bonchev–Trinajstić information content (AvgIpc) is 2.52. The Kier molecular flexibility index (Phi) is 2.67. The van der Waals surface area contributed by atoms with Crippen LogP contribution in [0.1, 0.15) is 33.1 Å². The van der Waals surface area contributed by atoms with Crippen molar-refractivity contribution in [2.24, 2.45) is 11.8 Å². The molecular weight excluding hydrogens is 192 g/mol. The van der Waals surface area contributed by atoms with Crippen LogP contribution >= 0.6 is 0 Å². The van der Waals surface area contributed by atoms with Gasteiger partial charge in [-0.15, -0.1) is 0 Å². The molecule has 1 heterocycles. The zero-order chi connectivity index (χ0) is 11.0. The van der Waals surface area contributed by atoms with Crippen LogP contribution in [-0.2, 0) is 4.79 Å². The molecule has 4 nitrogen and oxygen atoms in total. The fourth-order valence-corrected chi connectivity index (χ4v) is 2.56. The number of urea groups is 1. The van der Waals surface area contributed by atoms with E-state index in [1.54, 1.807) is 0 Å². The Morgan fingerprint density at radius 3 is 2.47 bits per heavy atom. The summed E-state index contributed by atoms with van der Waals surface area (Å²) >= 11 is 0. The Bertz CT molecular complexity index is 274. The summed E-state index contributed by atoms with van der Waals surface area (Å²) < 4.78 is 0. The molecule has 2 aliphatic rings. The Morgan fingerprint density at radius 2 is 1.93 bits per heavy atom. The predicted molar refractivity (Wildman–Crippen MR) is 56.2 cm³/mol. The van der Waals surface area contributed by atoms with Gasteiger partial charge < -0.3 is 5.32 Å². The van der Waals surface area contributed by atoms with Crippen LogP contribution in [0, 0.1) is 11.8 Å². The lowest BCUT2D eigenvalue weighted by Gasteiger charge is -2.35. The summed E-state index contributed by atoms with van der Waals surface area (Å²) in [5.41, 5.74) is 0. The van der Waals surface area contributed by atoms with Crippen LogP contribution in [0.15, 0.2) is 0 Å². The fraction of sp³-hybridized carbons (Fsp3) is 0.818. The minimum absolute atomic E-state index is 0.0632. The average molecular weight is 210 g/mol. The van der Waals surface area contributed by atoms with Crippen molar-refractivity contribution in [1.29, 1.82) is 0 Å². The first-order valence-corrected chi connectivity index (χ1v) is 5.69. The Labute approximate surface area is 90.0 Å². The van der Waals surface area contributed by atoms with E-state index in [2.05, 4.69) is 19.2 Å². The van der Waals surface area contributed by atoms with E-state index >= 15 is 0 Å². The van der Waals surface area contributed by atoms with E-state index < -0.39 is 0 Å². The summed E-state index contributed by atoms with van der Waals surface area (Å²) in [5, 5.41) is 2.58. The van der Waals surface area contributed by atoms with Crippen molar-refractivity contribution >= 4 is 11.9 Å². The summed E-state index contributed by atoms with van der Waals surface area (Å²) in [5.74, 6) is 1.25. The molecule has 0 spiro atoms. The normalized spacial score (nSPS) is 36.9. The first kappa shape index (κ1) is 10.5. The molecule has 4 heteroatoms. The molecule has 1 aliphatic carbocycles. The molecule has 0 aromatic rings. The number of carbonyl (C=O) groups is 2. The van der Waals surface area contributed by atoms with Crippen molar-refractivity contribution in [2.45, 2.75) is 39.2 Å². The molecule has 1 N–H and O–H groups in total. The molecule has 0 aromatic heterocycles. The quantitative estimate of drug-likeness (QED) is 0.664. The second kappa shape index (κ2) is 3.83. The van der Waals surface area contributed by atoms with Gasteiger partial charge in [-0.1, -0.05) is 13.8 Å². The number of amides is 3. The van der Waals surface area contributed by atoms with Crippen molar-refractivity contribution < 1.29 is 9.59 Å². The Balaban J connectivity index is 2.05. The van der Waals surface area contributed by atoms with E-state index in [0.717, 1.165) is 19.3 Å². The van der Waals surface area contributed by atoms with Crippen molar-refractivity contribution in [3.8, 4) is 0 Å². The third kappa shape index (κ3) is 1.85. The Hall–Kier alpha value is -1.06.